The highest BCUT2D eigenvalue weighted by Crippen LogP contribution is 2.35. The van der Waals surface area contributed by atoms with Crippen LogP contribution in [-0.4, -0.2) is 18.1 Å². The van der Waals surface area contributed by atoms with E-state index in [0.717, 1.165) is 21.6 Å². The Morgan fingerprint density at radius 2 is 2.11 bits per heavy atom. The van der Waals surface area contributed by atoms with Crippen molar-refractivity contribution in [2.24, 2.45) is 0 Å². The zero-order valence-electron chi connectivity index (χ0n) is 10.3. The van der Waals surface area contributed by atoms with E-state index in [1.54, 1.807) is 0 Å². The molecule has 18 heavy (non-hydrogen) atoms. The van der Waals surface area contributed by atoms with Crippen molar-refractivity contribution in [3.63, 3.8) is 0 Å². The quantitative estimate of drug-likeness (QED) is 0.784. The third-order valence-corrected chi connectivity index (χ3v) is 4.16. The molecule has 0 unspecified atom stereocenters. The van der Waals surface area contributed by atoms with E-state index >= 15 is 0 Å². The van der Waals surface area contributed by atoms with Crippen molar-refractivity contribution in [2.45, 2.75) is 13.8 Å². The van der Waals surface area contributed by atoms with Gasteiger partial charge in [-0.25, -0.2) is 9.78 Å². The highest BCUT2D eigenvalue weighted by atomic mass is 79.9. The molecule has 0 fully saturated rings. The van der Waals surface area contributed by atoms with Gasteiger partial charge in [0.1, 0.15) is 0 Å². The molecule has 0 amide bonds. The monoisotopic (exact) mass is 325 g/mol. The summed E-state index contributed by atoms with van der Waals surface area (Å²) in [5, 5.41) is 0. The van der Waals surface area contributed by atoms with Crippen LogP contribution in [0.4, 0.5) is 0 Å². The van der Waals surface area contributed by atoms with Gasteiger partial charge < -0.3 is 4.74 Å². The number of hydrogen-bond donors (Lipinski definition) is 0. The van der Waals surface area contributed by atoms with Crippen LogP contribution < -0.4 is 0 Å². The number of aryl methyl sites for hydroxylation is 2. The normalized spacial score (nSPS) is 10.4. The third kappa shape index (κ3) is 2.47. The van der Waals surface area contributed by atoms with Crippen LogP contribution in [0.25, 0.3) is 10.4 Å². The molecule has 1 aromatic carbocycles. The second-order valence-corrected chi connectivity index (χ2v) is 6.23. The Balaban J connectivity index is 2.63. The fourth-order valence-electron chi connectivity index (χ4n) is 1.69. The maximum atomic E-state index is 11.7. The Labute approximate surface area is 118 Å². The maximum Gasteiger partial charge on any atom is 0.358 e. The number of ether oxygens (including phenoxy) is 1. The predicted octanol–water partition coefficient (Wildman–Crippen LogP) is 3.98. The van der Waals surface area contributed by atoms with Gasteiger partial charge in [-0.15, -0.1) is 11.3 Å². The van der Waals surface area contributed by atoms with Crippen molar-refractivity contribution in [2.75, 3.05) is 7.11 Å². The molecule has 1 aromatic heterocycles. The molecule has 0 aliphatic carbocycles. The van der Waals surface area contributed by atoms with Gasteiger partial charge >= 0.3 is 5.97 Å². The molecule has 5 heteroatoms. The van der Waals surface area contributed by atoms with E-state index in [1.807, 2.05) is 26.0 Å². The summed E-state index contributed by atoms with van der Waals surface area (Å²) in [6.07, 6.45) is 0. The molecule has 0 aliphatic rings. The number of aromatic nitrogens is 1. The molecular weight excluding hydrogens is 314 g/mol. The molecule has 2 aromatic rings. The highest BCUT2D eigenvalue weighted by Gasteiger charge is 2.20. The average Bonchev–Trinajstić information content (AvgIpc) is 2.73. The van der Waals surface area contributed by atoms with Crippen molar-refractivity contribution in [1.29, 1.82) is 0 Å². The number of benzene rings is 1. The number of carbonyl (C=O) groups is 1. The summed E-state index contributed by atoms with van der Waals surface area (Å²) in [7, 11) is 1.36. The van der Waals surface area contributed by atoms with Crippen LogP contribution in [0, 0.1) is 13.8 Å². The zero-order chi connectivity index (χ0) is 13.3. The first-order valence-electron chi connectivity index (χ1n) is 5.35. The van der Waals surface area contributed by atoms with Crippen LogP contribution >= 0.6 is 27.3 Å². The molecule has 94 valence electrons. The molecule has 0 atom stereocenters. The molecule has 3 nitrogen and oxygen atoms in total. The zero-order valence-corrected chi connectivity index (χ0v) is 12.7. The smallest absolute Gasteiger partial charge is 0.358 e. The first-order valence-corrected chi connectivity index (χ1v) is 6.96. The van der Waals surface area contributed by atoms with Gasteiger partial charge in [0.15, 0.2) is 9.61 Å². The second kappa shape index (κ2) is 5.20. The molecule has 0 bridgehead atoms. The number of hydrogen-bond acceptors (Lipinski definition) is 4. The molecular formula is C13H12BrNO2S. The number of esters is 1. The minimum atomic E-state index is -0.409. The van der Waals surface area contributed by atoms with Crippen molar-refractivity contribution in [3.05, 3.63) is 38.9 Å². The Morgan fingerprint density at radius 3 is 2.78 bits per heavy atom. The maximum absolute atomic E-state index is 11.7. The molecule has 1 heterocycles. The first kappa shape index (κ1) is 13.2. The lowest BCUT2D eigenvalue weighted by Crippen LogP contribution is -2.03. The van der Waals surface area contributed by atoms with E-state index in [9.17, 15) is 4.79 Å². The second-order valence-electron chi connectivity index (χ2n) is 3.95. The number of rotatable bonds is 2. The van der Waals surface area contributed by atoms with Crippen LogP contribution in [0.1, 0.15) is 21.6 Å². The van der Waals surface area contributed by atoms with Gasteiger partial charge in [-0.1, -0.05) is 23.8 Å². The Morgan fingerprint density at radius 1 is 1.39 bits per heavy atom. The molecule has 0 N–H and O–H groups in total. The number of methoxy groups -OCH3 is 1. The van der Waals surface area contributed by atoms with E-state index in [-0.39, 0.29) is 0 Å². The Bertz CT molecular complexity index is 607. The van der Waals surface area contributed by atoms with Gasteiger partial charge in [0.05, 0.1) is 12.0 Å². The topological polar surface area (TPSA) is 39.2 Å². The van der Waals surface area contributed by atoms with Crippen LogP contribution in [0.2, 0.25) is 0 Å². The van der Waals surface area contributed by atoms with Gasteiger partial charge in [-0.3, -0.25) is 0 Å². The molecule has 0 saturated heterocycles. The van der Waals surface area contributed by atoms with E-state index in [0.29, 0.717) is 9.61 Å². The van der Waals surface area contributed by atoms with E-state index in [4.69, 9.17) is 4.74 Å². The van der Waals surface area contributed by atoms with Gasteiger partial charge in [0, 0.05) is 0 Å². The number of carbonyl (C=O) groups excluding carboxylic acids is 1. The summed E-state index contributed by atoms with van der Waals surface area (Å²) in [4.78, 5) is 16.7. The van der Waals surface area contributed by atoms with E-state index in [1.165, 1.54) is 18.4 Å². The summed E-state index contributed by atoms with van der Waals surface area (Å²) in [6.45, 7) is 4.04. The van der Waals surface area contributed by atoms with Gasteiger partial charge in [0.2, 0.25) is 0 Å². The predicted molar refractivity (Wildman–Crippen MR) is 76.1 cm³/mol. The molecule has 0 spiro atoms. The summed E-state index contributed by atoms with van der Waals surface area (Å²) in [6, 6.07) is 6.15. The minimum absolute atomic E-state index is 0.364. The number of nitrogens with zero attached hydrogens (tertiary/aromatic N) is 1. The first-order chi connectivity index (χ1) is 8.52. The lowest BCUT2D eigenvalue weighted by Gasteiger charge is -2.06. The Hall–Kier alpha value is -1.20. The summed E-state index contributed by atoms with van der Waals surface area (Å²) in [5.41, 5.74) is 3.65. The average molecular weight is 326 g/mol. The van der Waals surface area contributed by atoms with Crippen LogP contribution in [-0.2, 0) is 4.74 Å². The van der Waals surface area contributed by atoms with Crippen molar-refractivity contribution >= 4 is 33.2 Å². The third-order valence-electron chi connectivity index (χ3n) is 2.62. The van der Waals surface area contributed by atoms with E-state index < -0.39 is 5.97 Å². The molecule has 0 saturated carbocycles. The van der Waals surface area contributed by atoms with Crippen LogP contribution in [0.3, 0.4) is 0 Å². The summed E-state index contributed by atoms with van der Waals surface area (Å²) >= 11 is 4.76. The minimum Gasteiger partial charge on any atom is -0.464 e. The largest absolute Gasteiger partial charge is 0.464 e. The molecule has 0 radical (unpaired) electrons. The van der Waals surface area contributed by atoms with Crippen LogP contribution in [0.15, 0.2) is 22.1 Å². The van der Waals surface area contributed by atoms with Crippen molar-refractivity contribution < 1.29 is 9.53 Å². The van der Waals surface area contributed by atoms with Gasteiger partial charge in [-0.05, 0) is 40.9 Å². The van der Waals surface area contributed by atoms with E-state index in [2.05, 4.69) is 27.0 Å². The fourth-order valence-corrected chi connectivity index (χ4v) is 3.22. The lowest BCUT2D eigenvalue weighted by atomic mass is 10.0. The Kier molecular flexibility index (Phi) is 3.82. The van der Waals surface area contributed by atoms with Gasteiger partial charge in [0.25, 0.3) is 0 Å². The lowest BCUT2D eigenvalue weighted by molar-refractivity contribution is 0.0595. The van der Waals surface area contributed by atoms with Gasteiger partial charge in [-0.2, -0.15) is 0 Å². The van der Waals surface area contributed by atoms with Crippen LogP contribution in [0.5, 0.6) is 0 Å². The SMILES string of the molecule is COC(=O)c1nc(Br)sc1-c1cc(C)ccc1C. The summed E-state index contributed by atoms with van der Waals surface area (Å²) in [5.74, 6) is -0.409. The van der Waals surface area contributed by atoms with Crippen molar-refractivity contribution in [3.8, 4) is 10.4 Å². The highest BCUT2D eigenvalue weighted by molar-refractivity contribution is 9.11. The fraction of sp³-hybridized carbons (Fsp3) is 0.231. The van der Waals surface area contributed by atoms with Crippen molar-refractivity contribution in [1.82, 2.24) is 4.98 Å². The number of halogens is 1. The summed E-state index contributed by atoms with van der Waals surface area (Å²) < 4.78 is 5.45. The standard InChI is InChI=1S/C13H12BrNO2S/c1-7-4-5-8(2)9(6-7)11-10(12(16)17-3)15-13(14)18-11/h4-6H,1-3H3. The number of thiazole rings is 1. The molecule has 0 aliphatic heterocycles. The molecule has 2 rings (SSSR count).